The summed E-state index contributed by atoms with van der Waals surface area (Å²) in [7, 11) is 1.66. The molecule has 0 aliphatic heterocycles. The van der Waals surface area contributed by atoms with Crippen molar-refractivity contribution in [3.05, 3.63) is 35.4 Å². The number of nitrogens with zero attached hydrogens (tertiary/aromatic N) is 3. The smallest absolute Gasteiger partial charge is 0.253 e. The minimum Gasteiger partial charge on any atom is -0.341 e. The standard InChI is InChI=1S/C13H13N3O/c1-16(9-3-7-14)13(17)12-5-2-4-11(10-12)6-8-15/h2,4-5,10H,3,6,9H2,1H3. The Hall–Kier alpha value is -2.33. The monoisotopic (exact) mass is 227 g/mol. The van der Waals surface area contributed by atoms with Gasteiger partial charge in [-0.15, -0.1) is 0 Å². The normalized spacial score (nSPS) is 9.12. The Balaban J connectivity index is 2.79. The molecule has 0 aliphatic carbocycles. The molecule has 0 heterocycles. The van der Waals surface area contributed by atoms with Gasteiger partial charge in [-0.3, -0.25) is 4.79 Å². The van der Waals surface area contributed by atoms with Gasteiger partial charge in [-0.25, -0.2) is 0 Å². The van der Waals surface area contributed by atoms with Crippen molar-refractivity contribution in [2.45, 2.75) is 12.8 Å². The lowest BCUT2D eigenvalue weighted by Crippen LogP contribution is -2.27. The van der Waals surface area contributed by atoms with Crippen LogP contribution in [0.2, 0.25) is 0 Å². The van der Waals surface area contributed by atoms with Gasteiger partial charge in [-0.1, -0.05) is 12.1 Å². The van der Waals surface area contributed by atoms with E-state index in [1.807, 2.05) is 18.2 Å². The maximum absolute atomic E-state index is 11.9. The Labute approximate surface area is 101 Å². The lowest BCUT2D eigenvalue weighted by atomic mass is 10.1. The van der Waals surface area contributed by atoms with Crippen LogP contribution in [0.5, 0.6) is 0 Å². The van der Waals surface area contributed by atoms with Crippen molar-refractivity contribution in [3.63, 3.8) is 0 Å². The molecular weight excluding hydrogens is 214 g/mol. The van der Waals surface area contributed by atoms with Crippen LogP contribution >= 0.6 is 0 Å². The van der Waals surface area contributed by atoms with Crippen LogP contribution in [0.25, 0.3) is 0 Å². The molecule has 1 amide bonds. The van der Waals surface area contributed by atoms with E-state index in [-0.39, 0.29) is 5.91 Å². The number of carbonyl (C=O) groups excluding carboxylic acids is 1. The fraction of sp³-hybridized carbons (Fsp3) is 0.308. The Morgan fingerprint density at radius 3 is 2.76 bits per heavy atom. The van der Waals surface area contributed by atoms with Crippen molar-refractivity contribution in [1.29, 1.82) is 10.5 Å². The summed E-state index contributed by atoms with van der Waals surface area (Å²) in [4.78, 5) is 13.4. The zero-order chi connectivity index (χ0) is 12.7. The van der Waals surface area contributed by atoms with Gasteiger partial charge in [-0.2, -0.15) is 10.5 Å². The fourth-order valence-corrected chi connectivity index (χ4v) is 1.45. The second kappa shape index (κ2) is 6.30. The number of carbonyl (C=O) groups is 1. The van der Waals surface area contributed by atoms with Crippen LogP contribution in [0.15, 0.2) is 24.3 Å². The number of benzene rings is 1. The van der Waals surface area contributed by atoms with Crippen molar-refractivity contribution >= 4 is 5.91 Å². The van der Waals surface area contributed by atoms with E-state index < -0.39 is 0 Å². The van der Waals surface area contributed by atoms with Crippen molar-refractivity contribution in [2.24, 2.45) is 0 Å². The fourth-order valence-electron chi connectivity index (χ4n) is 1.45. The van der Waals surface area contributed by atoms with E-state index in [0.717, 1.165) is 5.56 Å². The van der Waals surface area contributed by atoms with E-state index in [4.69, 9.17) is 10.5 Å². The molecule has 1 aromatic carbocycles. The first kappa shape index (κ1) is 12.7. The molecule has 0 aromatic heterocycles. The zero-order valence-electron chi connectivity index (χ0n) is 9.68. The first-order chi connectivity index (χ1) is 8.19. The van der Waals surface area contributed by atoms with Gasteiger partial charge in [0, 0.05) is 19.2 Å². The molecule has 4 heteroatoms. The lowest BCUT2D eigenvalue weighted by molar-refractivity contribution is 0.0798. The van der Waals surface area contributed by atoms with Gasteiger partial charge in [0.25, 0.3) is 5.91 Å². The van der Waals surface area contributed by atoms with Crippen LogP contribution < -0.4 is 0 Å². The van der Waals surface area contributed by atoms with Crippen LogP contribution in [0.4, 0.5) is 0 Å². The zero-order valence-corrected chi connectivity index (χ0v) is 9.68. The predicted octanol–water partition coefficient (Wildman–Crippen LogP) is 1.74. The molecule has 0 fully saturated rings. The first-order valence-corrected chi connectivity index (χ1v) is 5.27. The largest absolute Gasteiger partial charge is 0.341 e. The number of rotatable bonds is 4. The highest BCUT2D eigenvalue weighted by Crippen LogP contribution is 2.08. The van der Waals surface area contributed by atoms with Crippen molar-refractivity contribution < 1.29 is 4.79 Å². The third kappa shape index (κ3) is 3.62. The topological polar surface area (TPSA) is 67.9 Å². The Morgan fingerprint density at radius 2 is 2.12 bits per heavy atom. The molecule has 86 valence electrons. The Bertz CT molecular complexity index is 482. The molecule has 0 bridgehead atoms. The van der Waals surface area contributed by atoms with Crippen LogP contribution in [-0.2, 0) is 6.42 Å². The van der Waals surface area contributed by atoms with Crippen LogP contribution in [0, 0.1) is 22.7 Å². The summed E-state index contributed by atoms with van der Waals surface area (Å²) >= 11 is 0. The summed E-state index contributed by atoms with van der Waals surface area (Å²) in [5.41, 5.74) is 1.38. The maximum Gasteiger partial charge on any atom is 0.253 e. The van der Waals surface area contributed by atoms with Gasteiger partial charge in [0.05, 0.1) is 25.0 Å². The molecule has 0 radical (unpaired) electrons. The molecule has 0 N–H and O–H groups in total. The molecule has 1 aromatic rings. The molecule has 0 atom stereocenters. The predicted molar refractivity (Wildman–Crippen MR) is 62.9 cm³/mol. The quantitative estimate of drug-likeness (QED) is 0.786. The summed E-state index contributed by atoms with van der Waals surface area (Å²) in [5.74, 6) is -0.125. The molecule has 17 heavy (non-hydrogen) atoms. The van der Waals surface area contributed by atoms with E-state index in [2.05, 4.69) is 0 Å². The minimum atomic E-state index is -0.125. The summed E-state index contributed by atoms with van der Waals surface area (Å²) in [5, 5.41) is 17.1. The summed E-state index contributed by atoms with van der Waals surface area (Å²) in [6.07, 6.45) is 0.614. The van der Waals surface area contributed by atoms with Gasteiger partial charge in [0.1, 0.15) is 0 Å². The molecular formula is C13H13N3O. The van der Waals surface area contributed by atoms with Gasteiger partial charge in [-0.05, 0) is 17.7 Å². The highest BCUT2D eigenvalue weighted by atomic mass is 16.2. The van der Waals surface area contributed by atoms with Crippen molar-refractivity contribution in [1.82, 2.24) is 4.90 Å². The average molecular weight is 227 g/mol. The number of hydrogen-bond donors (Lipinski definition) is 0. The SMILES string of the molecule is CN(CCC#N)C(=O)c1cccc(CC#N)c1. The number of amides is 1. The molecule has 0 saturated carbocycles. The van der Waals surface area contributed by atoms with Gasteiger partial charge >= 0.3 is 0 Å². The first-order valence-electron chi connectivity index (χ1n) is 5.27. The van der Waals surface area contributed by atoms with Crippen LogP contribution in [0.3, 0.4) is 0 Å². The van der Waals surface area contributed by atoms with Crippen LogP contribution in [-0.4, -0.2) is 24.4 Å². The third-order valence-corrected chi connectivity index (χ3v) is 2.36. The lowest BCUT2D eigenvalue weighted by Gasteiger charge is -2.15. The Kier molecular flexibility index (Phi) is 4.72. The van der Waals surface area contributed by atoms with E-state index in [1.165, 1.54) is 4.90 Å². The van der Waals surface area contributed by atoms with Gasteiger partial charge < -0.3 is 4.90 Å². The highest BCUT2D eigenvalue weighted by Gasteiger charge is 2.11. The van der Waals surface area contributed by atoms with Crippen molar-refractivity contribution in [2.75, 3.05) is 13.6 Å². The molecule has 0 spiro atoms. The van der Waals surface area contributed by atoms with Gasteiger partial charge in [0.15, 0.2) is 0 Å². The molecule has 0 saturated heterocycles. The Morgan fingerprint density at radius 1 is 1.35 bits per heavy atom. The van der Waals surface area contributed by atoms with E-state index in [1.54, 1.807) is 25.2 Å². The van der Waals surface area contributed by atoms with Crippen LogP contribution in [0.1, 0.15) is 22.3 Å². The van der Waals surface area contributed by atoms with Gasteiger partial charge in [0.2, 0.25) is 0 Å². The molecule has 0 unspecified atom stereocenters. The van der Waals surface area contributed by atoms with Crippen molar-refractivity contribution in [3.8, 4) is 12.1 Å². The second-order valence-electron chi connectivity index (χ2n) is 3.67. The van der Waals surface area contributed by atoms with E-state index in [9.17, 15) is 4.79 Å². The summed E-state index contributed by atoms with van der Waals surface area (Å²) in [6, 6.07) is 11.1. The molecule has 0 aliphatic rings. The molecule has 1 rings (SSSR count). The summed E-state index contributed by atoms with van der Waals surface area (Å²) in [6.45, 7) is 0.414. The third-order valence-electron chi connectivity index (χ3n) is 2.36. The molecule has 4 nitrogen and oxygen atoms in total. The average Bonchev–Trinajstić information content (AvgIpc) is 2.35. The second-order valence-corrected chi connectivity index (χ2v) is 3.67. The van der Waals surface area contributed by atoms with E-state index >= 15 is 0 Å². The number of hydrogen-bond acceptors (Lipinski definition) is 3. The maximum atomic E-state index is 11.9. The highest BCUT2D eigenvalue weighted by molar-refractivity contribution is 5.94. The van der Waals surface area contributed by atoms with E-state index in [0.29, 0.717) is 24.9 Å². The minimum absolute atomic E-state index is 0.125. The number of nitriles is 2. The summed E-state index contributed by atoms with van der Waals surface area (Å²) < 4.78 is 0.